The number of anilines is 1. The second-order valence-corrected chi connectivity index (χ2v) is 10.7. The van der Waals surface area contributed by atoms with Crippen LogP contribution in [-0.2, 0) is 16.1 Å². The van der Waals surface area contributed by atoms with Gasteiger partial charge in [0.1, 0.15) is 11.5 Å². The smallest absolute Gasteiger partial charge is 0.493 e. The molecule has 1 N–H and O–H groups in total. The number of nitrogens with zero attached hydrogens (tertiary/aromatic N) is 3. The summed E-state index contributed by atoms with van der Waals surface area (Å²) in [5.74, 6) is -5.33. The summed E-state index contributed by atoms with van der Waals surface area (Å²) >= 11 is 0. The van der Waals surface area contributed by atoms with Crippen molar-refractivity contribution in [1.29, 1.82) is 0 Å². The van der Waals surface area contributed by atoms with Crippen LogP contribution in [0.5, 0.6) is 11.5 Å². The molecular formula is C32H26F6N4O5. The minimum atomic E-state index is -5.39. The number of fused-ring (bicyclic) bond motifs is 2. The number of hydrogen-bond donors (Lipinski definition) is 1. The Morgan fingerprint density at radius 2 is 1.55 bits per heavy atom. The van der Waals surface area contributed by atoms with Gasteiger partial charge in [0.25, 0.3) is 0 Å². The Balaban J connectivity index is 1.46. The zero-order valence-electron chi connectivity index (χ0n) is 24.6. The van der Waals surface area contributed by atoms with Crippen LogP contribution in [0.4, 0.5) is 32.0 Å². The number of carbonyl (C=O) groups excluding carboxylic acids is 2. The Morgan fingerprint density at radius 3 is 2.26 bits per heavy atom. The lowest BCUT2D eigenvalue weighted by Crippen LogP contribution is -2.46. The molecule has 2 aromatic heterocycles. The minimum Gasteiger partial charge on any atom is -0.497 e. The third-order valence-corrected chi connectivity index (χ3v) is 7.86. The van der Waals surface area contributed by atoms with Crippen molar-refractivity contribution in [3.05, 3.63) is 78.6 Å². The van der Waals surface area contributed by atoms with Crippen molar-refractivity contribution in [2.45, 2.75) is 18.9 Å². The number of halogens is 6. The summed E-state index contributed by atoms with van der Waals surface area (Å²) in [6.07, 6.45) is -8.92. The van der Waals surface area contributed by atoms with Crippen LogP contribution >= 0.6 is 0 Å². The fourth-order valence-electron chi connectivity index (χ4n) is 5.75. The zero-order chi connectivity index (χ0) is 33.5. The van der Waals surface area contributed by atoms with Crippen molar-refractivity contribution in [2.75, 3.05) is 38.2 Å². The van der Waals surface area contributed by atoms with E-state index < -0.39 is 30.0 Å². The molecule has 3 heterocycles. The molecular weight excluding hydrogens is 634 g/mol. The van der Waals surface area contributed by atoms with Gasteiger partial charge in [-0.1, -0.05) is 24.3 Å². The van der Waals surface area contributed by atoms with E-state index in [9.17, 15) is 35.9 Å². The van der Waals surface area contributed by atoms with Gasteiger partial charge in [-0.15, -0.1) is 0 Å². The molecule has 47 heavy (non-hydrogen) atoms. The number of ether oxygens (including phenoxy) is 2. The third kappa shape index (κ3) is 6.30. The quantitative estimate of drug-likeness (QED) is 0.128. The van der Waals surface area contributed by atoms with E-state index in [-0.39, 0.29) is 28.7 Å². The number of H-pyrrole nitrogens is 1. The molecule has 0 spiro atoms. The monoisotopic (exact) mass is 660 g/mol. The number of aromatic nitrogens is 2. The van der Waals surface area contributed by atoms with Gasteiger partial charge in [0, 0.05) is 61.1 Å². The summed E-state index contributed by atoms with van der Waals surface area (Å²) < 4.78 is 91.1. The molecule has 0 atom stereocenters. The lowest BCUT2D eigenvalue weighted by Gasteiger charge is -2.36. The van der Waals surface area contributed by atoms with E-state index >= 15 is 0 Å². The lowest BCUT2D eigenvalue weighted by molar-refractivity contribution is -0.199. The minimum absolute atomic E-state index is 0.0162. The van der Waals surface area contributed by atoms with Gasteiger partial charge < -0.3 is 24.2 Å². The largest absolute Gasteiger partial charge is 0.497 e. The first kappa shape index (κ1) is 31.8. The molecule has 0 bridgehead atoms. The number of benzene rings is 3. The van der Waals surface area contributed by atoms with E-state index in [1.54, 1.807) is 18.2 Å². The van der Waals surface area contributed by atoms with Crippen LogP contribution in [0.2, 0.25) is 0 Å². The lowest BCUT2D eigenvalue weighted by atomic mass is 10.0. The Labute approximate surface area is 262 Å². The van der Waals surface area contributed by atoms with Crippen molar-refractivity contribution in [1.82, 2.24) is 14.6 Å². The molecule has 0 aliphatic carbocycles. The average molecular weight is 661 g/mol. The highest BCUT2D eigenvalue weighted by atomic mass is 19.4. The maximum Gasteiger partial charge on any atom is 0.493 e. The maximum absolute atomic E-state index is 13.5. The Morgan fingerprint density at radius 1 is 0.851 bits per heavy atom. The predicted octanol–water partition coefficient (Wildman–Crippen LogP) is 6.11. The normalized spacial score (nSPS) is 14.5. The van der Waals surface area contributed by atoms with Crippen LogP contribution in [-0.4, -0.2) is 72.2 Å². The summed E-state index contributed by atoms with van der Waals surface area (Å²) in [5.41, 5.74) is 2.16. The fourth-order valence-corrected chi connectivity index (χ4v) is 5.75. The highest BCUT2D eigenvalue weighted by molar-refractivity contribution is 6.03. The van der Waals surface area contributed by atoms with Crippen LogP contribution < -0.4 is 19.2 Å². The SMILES string of the molecule is COc1cccc(-c2c(CN3CCN(c4cccc5[nH]ccc45)CC3)n(OC(=O)C(F)(F)F)c3cccc(OC(=O)C(F)(F)F)c23)c1. The number of alkyl halides is 6. The second-order valence-electron chi connectivity index (χ2n) is 10.7. The summed E-state index contributed by atoms with van der Waals surface area (Å²) in [6, 6.07) is 17.6. The molecule has 9 nitrogen and oxygen atoms in total. The van der Waals surface area contributed by atoms with Crippen LogP contribution in [0.3, 0.4) is 0 Å². The molecule has 15 heteroatoms. The Kier molecular flexibility index (Phi) is 8.26. The van der Waals surface area contributed by atoms with Crippen molar-refractivity contribution in [3.8, 4) is 22.6 Å². The van der Waals surface area contributed by atoms with Crippen LogP contribution in [0.25, 0.3) is 32.9 Å². The van der Waals surface area contributed by atoms with Crippen molar-refractivity contribution in [3.63, 3.8) is 0 Å². The highest BCUT2D eigenvalue weighted by Gasteiger charge is 2.44. The number of esters is 1. The number of rotatable bonds is 7. The van der Waals surface area contributed by atoms with Crippen molar-refractivity contribution >= 4 is 39.4 Å². The standard InChI is InChI=1S/C32H26F6N4O5/c1-45-20-6-2-5-19(17-20)27-25(18-40-13-15-41(16-14-40)23-8-3-7-22-21(23)11-12-39-22)42(47-30(44)32(36,37)38)24-9-4-10-26(28(24)27)46-29(43)31(33,34)35/h2-12,17,39H,13-16,18H2,1H3. The first-order chi connectivity index (χ1) is 22.3. The molecule has 246 valence electrons. The maximum atomic E-state index is 13.5. The third-order valence-electron chi connectivity index (χ3n) is 7.86. The zero-order valence-corrected chi connectivity index (χ0v) is 24.6. The summed E-state index contributed by atoms with van der Waals surface area (Å²) in [5, 5.41) is 0.863. The van der Waals surface area contributed by atoms with Gasteiger partial charge in [0.15, 0.2) is 0 Å². The van der Waals surface area contributed by atoms with Gasteiger partial charge >= 0.3 is 24.3 Å². The van der Waals surface area contributed by atoms with Gasteiger partial charge in [-0.3, -0.25) is 4.90 Å². The van der Waals surface area contributed by atoms with Crippen molar-refractivity contribution < 1.29 is 50.2 Å². The van der Waals surface area contributed by atoms with Crippen LogP contribution in [0.15, 0.2) is 72.9 Å². The number of piperazine rings is 1. The predicted molar refractivity (Wildman–Crippen MR) is 159 cm³/mol. The van der Waals surface area contributed by atoms with E-state index in [0.717, 1.165) is 22.7 Å². The molecule has 6 rings (SSSR count). The number of methoxy groups -OCH3 is 1. The molecule has 1 fully saturated rings. The van der Waals surface area contributed by atoms with Crippen molar-refractivity contribution in [2.24, 2.45) is 0 Å². The molecule has 0 saturated carbocycles. The fraction of sp³-hybridized carbons (Fsp3) is 0.250. The molecule has 1 saturated heterocycles. The topological polar surface area (TPSA) is 89.0 Å². The van der Waals surface area contributed by atoms with Gasteiger partial charge in [0.05, 0.1) is 23.7 Å². The van der Waals surface area contributed by atoms with E-state index in [1.807, 2.05) is 35.4 Å². The van der Waals surface area contributed by atoms with E-state index in [1.165, 1.54) is 25.3 Å². The second kappa shape index (κ2) is 12.2. The van der Waals surface area contributed by atoms with E-state index in [0.29, 0.717) is 42.2 Å². The Hall–Kier alpha value is -5.18. The first-order valence-corrected chi connectivity index (χ1v) is 14.3. The number of nitrogens with one attached hydrogen (secondary N) is 1. The summed E-state index contributed by atoms with van der Waals surface area (Å²) in [7, 11) is 1.39. The number of hydrogen-bond acceptors (Lipinski definition) is 7. The Bertz CT molecular complexity index is 1960. The highest BCUT2D eigenvalue weighted by Crippen LogP contribution is 2.42. The number of carbonyl (C=O) groups is 2. The number of aromatic amines is 1. The molecule has 1 aliphatic heterocycles. The molecule has 5 aromatic rings. The van der Waals surface area contributed by atoms with Gasteiger partial charge in [0.2, 0.25) is 0 Å². The average Bonchev–Trinajstić information content (AvgIpc) is 3.64. The molecule has 0 amide bonds. The molecule has 0 radical (unpaired) electrons. The van der Waals surface area contributed by atoms with Crippen LogP contribution in [0.1, 0.15) is 5.69 Å². The molecule has 3 aromatic carbocycles. The van der Waals surface area contributed by atoms with Crippen LogP contribution in [0, 0.1) is 0 Å². The van der Waals surface area contributed by atoms with Gasteiger partial charge in [-0.25, -0.2) is 9.59 Å². The van der Waals surface area contributed by atoms with E-state index in [2.05, 4.69) is 9.88 Å². The summed E-state index contributed by atoms with van der Waals surface area (Å²) in [4.78, 5) is 36.3. The van der Waals surface area contributed by atoms with Gasteiger partial charge in [-0.05, 0) is 48.0 Å². The van der Waals surface area contributed by atoms with E-state index in [4.69, 9.17) is 14.3 Å². The first-order valence-electron chi connectivity index (χ1n) is 14.3. The molecule has 0 unspecified atom stereocenters. The summed E-state index contributed by atoms with van der Waals surface area (Å²) in [6.45, 7) is 1.86. The molecule has 1 aliphatic rings. The van der Waals surface area contributed by atoms with Gasteiger partial charge in [-0.2, -0.15) is 31.1 Å².